The number of nitrogens with two attached hydrogens (primary N) is 1. The summed E-state index contributed by atoms with van der Waals surface area (Å²) in [5.41, 5.74) is 10.3. The van der Waals surface area contributed by atoms with Gasteiger partial charge in [0.15, 0.2) is 0 Å². The maximum Gasteiger partial charge on any atom is 0.259 e. The van der Waals surface area contributed by atoms with E-state index in [1.807, 2.05) is 47.2 Å². The van der Waals surface area contributed by atoms with Crippen LogP contribution in [0.2, 0.25) is 0 Å². The number of nitrogen functional groups attached to an aromatic ring is 1. The molecule has 0 radical (unpaired) electrons. The molecule has 0 aliphatic carbocycles. The van der Waals surface area contributed by atoms with Gasteiger partial charge in [0, 0.05) is 58.6 Å². The molecular weight excluding hydrogens is 442 g/mol. The van der Waals surface area contributed by atoms with Crippen molar-refractivity contribution in [2.45, 2.75) is 26.5 Å². The summed E-state index contributed by atoms with van der Waals surface area (Å²) >= 11 is 0. The standard InChI is InChI=1S/C27H29N5O3/c1-3-31(4-2)13-17(33)14-32-15-21(19-10-9-16(28)11-23(19)32)25-24(26(34)30-27(25)35)20-12-29-22-8-6-5-7-18(20)22/h5-12,15,17,29,33H,3-4,13-14,28H2,1-2H3,(H,30,34,35). The van der Waals surface area contributed by atoms with Crippen molar-refractivity contribution in [3.8, 4) is 0 Å². The van der Waals surface area contributed by atoms with Crippen molar-refractivity contribution < 1.29 is 14.7 Å². The largest absolute Gasteiger partial charge is 0.399 e. The molecule has 8 nitrogen and oxygen atoms in total. The molecule has 0 fully saturated rings. The first-order valence-electron chi connectivity index (χ1n) is 11.9. The monoisotopic (exact) mass is 471 g/mol. The van der Waals surface area contributed by atoms with Crippen molar-refractivity contribution >= 4 is 50.5 Å². The summed E-state index contributed by atoms with van der Waals surface area (Å²) in [7, 11) is 0. The molecule has 5 rings (SSSR count). The quantitative estimate of drug-likeness (QED) is 0.233. The lowest BCUT2D eigenvalue weighted by Gasteiger charge is -2.22. The number of aliphatic hydroxyl groups excluding tert-OH is 1. The van der Waals surface area contributed by atoms with Gasteiger partial charge in [0.25, 0.3) is 11.8 Å². The maximum absolute atomic E-state index is 13.1. The van der Waals surface area contributed by atoms with E-state index in [-0.39, 0.29) is 0 Å². The van der Waals surface area contributed by atoms with E-state index in [4.69, 9.17) is 5.73 Å². The second-order valence-electron chi connectivity index (χ2n) is 8.89. The Morgan fingerprint density at radius 3 is 2.46 bits per heavy atom. The highest BCUT2D eigenvalue weighted by Gasteiger charge is 2.35. The third-order valence-electron chi connectivity index (χ3n) is 6.74. The SMILES string of the molecule is CCN(CC)CC(O)Cn1cc(C2=C(c3c[nH]c4ccccc34)C(=O)NC2=O)c2ccc(N)cc21. The number of amides is 2. The number of rotatable bonds is 8. The average molecular weight is 472 g/mol. The number of fused-ring (bicyclic) bond motifs is 2. The van der Waals surface area contributed by atoms with E-state index >= 15 is 0 Å². The molecule has 3 heterocycles. The summed E-state index contributed by atoms with van der Waals surface area (Å²) in [6, 6.07) is 13.2. The molecule has 35 heavy (non-hydrogen) atoms. The highest BCUT2D eigenvalue weighted by molar-refractivity contribution is 6.50. The van der Waals surface area contributed by atoms with Gasteiger partial charge in [-0.15, -0.1) is 0 Å². The second-order valence-corrected chi connectivity index (χ2v) is 8.89. The summed E-state index contributed by atoms with van der Waals surface area (Å²) in [6.45, 7) is 6.69. The van der Waals surface area contributed by atoms with Crippen LogP contribution in [0.15, 0.2) is 54.9 Å². The van der Waals surface area contributed by atoms with Gasteiger partial charge < -0.3 is 25.3 Å². The van der Waals surface area contributed by atoms with Gasteiger partial charge in [-0.1, -0.05) is 38.1 Å². The molecule has 0 saturated carbocycles. The predicted octanol–water partition coefficient (Wildman–Crippen LogP) is 2.97. The molecule has 0 spiro atoms. The number of carbonyl (C=O) groups excluding carboxylic acids is 2. The van der Waals surface area contributed by atoms with Crippen molar-refractivity contribution in [2.24, 2.45) is 0 Å². The minimum atomic E-state index is -0.610. The molecule has 1 unspecified atom stereocenters. The van der Waals surface area contributed by atoms with Gasteiger partial charge in [0.2, 0.25) is 0 Å². The molecule has 2 aromatic heterocycles. The molecule has 180 valence electrons. The van der Waals surface area contributed by atoms with E-state index in [0.29, 0.717) is 41.1 Å². The molecule has 4 aromatic rings. The lowest BCUT2D eigenvalue weighted by molar-refractivity contribution is -0.122. The highest BCUT2D eigenvalue weighted by atomic mass is 16.3. The number of anilines is 1. The summed E-state index contributed by atoms with van der Waals surface area (Å²) in [4.78, 5) is 31.5. The van der Waals surface area contributed by atoms with Crippen molar-refractivity contribution in [2.75, 3.05) is 25.4 Å². The van der Waals surface area contributed by atoms with Gasteiger partial charge >= 0.3 is 0 Å². The topological polar surface area (TPSA) is 116 Å². The number of carbonyl (C=O) groups is 2. The minimum absolute atomic E-state index is 0.325. The molecule has 8 heteroatoms. The lowest BCUT2D eigenvalue weighted by atomic mass is 9.95. The Hall–Kier alpha value is -3.88. The van der Waals surface area contributed by atoms with Crippen LogP contribution < -0.4 is 11.1 Å². The fraction of sp³-hybridized carbons (Fsp3) is 0.259. The molecule has 1 aliphatic rings. The number of benzene rings is 2. The zero-order valence-electron chi connectivity index (χ0n) is 19.8. The van der Waals surface area contributed by atoms with Gasteiger partial charge in [0.1, 0.15) is 0 Å². The lowest BCUT2D eigenvalue weighted by Crippen LogP contribution is -2.34. The minimum Gasteiger partial charge on any atom is -0.399 e. The fourth-order valence-corrected chi connectivity index (χ4v) is 4.97. The number of likely N-dealkylation sites (N-methyl/N-ethyl adjacent to an activating group) is 1. The second kappa shape index (κ2) is 9.05. The summed E-state index contributed by atoms with van der Waals surface area (Å²) in [5.74, 6) is -0.859. The molecule has 0 bridgehead atoms. The third kappa shape index (κ3) is 4.00. The van der Waals surface area contributed by atoms with Crippen LogP contribution in [-0.2, 0) is 16.1 Å². The summed E-state index contributed by atoms with van der Waals surface area (Å²) < 4.78 is 1.92. The van der Waals surface area contributed by atoms with Crippen LogP contribution >= 0.6 is 0 Å². The van der Waals surface area contributed by atoms with Gasteiger partial charge in [-0.25, -0.2) is 0 Å². The van der Waals surface area contributed by atoms with Crippen molar-refractivity contribution in [3.05, 3.63) is 66.0 Å². The number of aromatic amines is 1. The van der Waals surface area contributed by atoms with E-state index in [9.17, 15) is 14.7 Å². The molecule has 2 aromatic carbocycles. The average Bonchev–Trinajstić information content (AvgIpc) is 3.50. The number of aliphatic hydroxyl groups is 1. The van der Waals surface area contributed by atoms with E-state index in [1.54, 1.807) is 12.3 Å². The Kier molecular flexibility index (Phi) is 5.92. The molecule has 1 atom stereocenters. The van der Waals surface area contributed by atoms with Crippen molar-refractivity contribution in [1.82, 2.24) is 19.8 Å². The Morgan fingerprint density at radius 1 is 1.00 bits per heavy atom. The van der Waals surface area contributed by atoms with Crippen LogP contribution in [0.25, 0.3) is 33.0 Å². The molecule has 0 saturated heterocycles. The van der Waals surface area contributed by atoms with E-state index in [0.717, 1.165) is 34.9 Å². The molecule has 2 amide bonds. The molecule has 1 aliphatic heterocycles. The summed E-state index contributed by atoms with van der Waals surface area (Å²) in [5, 5.41) is 15.0. The number of para-hydroxylation sites is 1. The smallest absolute Gasteiger partial charge is 0.259 e. The zero-order valence-corrected chi connectivity index (χ0v) is 19.8. The van der Waals surface area contributed by atoms with Crippen LogP contribution in [0, 0.1) is 0 Å². The first-order valence-corrected chi connectivity index (χ1v) is 11.9. The number of H-pyrrole nitrogens is 1. The predicted molar refractivity (Wildman–Crippen MR) is 138 cm³/mol. The molecular formula is C27H29N5O3. The Morgan fingerprint density at radius 2 is 1.71 bits per heavy atom. The zero-order chi connectivity index (χ0) is 24.7. The third-order valence-corrected chi connectivity index (χ3v) is 6.74. The van der Waals surface area contributed by atoms with Gasteiger partial charge in [0.05, 0.1) is 22.8 Å². The van der Waals surface area contributed by atoms with E-state index in [1.165, 1.54) is 0 Å². The normalized spacial score (nSPS) is 15.1. The fourth-order valence-electron chi connectivity index (χ4n) is 4.97. The summed E-state index contributed by atoms with van der Waals surface area (Å²) in [6.07, 6.45) is 3.00. The number of nitrogens with one attached hydrogen (secondary N) is 2. The Bertz CT molecular complexity index is 1470. The maximum atomic E-state index is 13.1. The van der Waals surface area contributed by atoms with Gasteiger partial charge in [-0.3, -0.25) is 14.9 Å². The van der Waals surface area contributed by atoms with Crippen LogP contribution in [-0.4, -0.2) is 57.1 Å². The van der Waals surface area contributed by atoms with Gasteiger partial charge in [-0.05, 0) is 31.3 Å². The van der Waals surface area contributed by atoms with Gasteiger partial charge in [-0.2, -0.15) is 0 Å². The van der Waals surface area contributed by atoms with Crippen LogP contribution in [0.1, 0.15) is 25.0 Å². The Balaban J connectivity index is 1.67. The first kappa shape index (κ1) is 22.9. The van der Waals surface area contributed by atoms with Crippen molar-refractivity contribution in [1.29, 1.82) is 0 Å². The first-order chi connectivity index (χ1) is 16.9. The van der Waals surface area contributed by atoms with Crippen LogP contribution in [0.5, 0.6) is 0 Å². The number of hydrogen-bond donors (Lipinski definition) is 4. The number of imide groups is 1. The number of hydrogen-bond acceptors (Lipinski definition) is 5. The number of nitrogens with zero attached hydrogens (tertiary/aromatic N) is 2. The van der Waals surface area contributed by atoms with Crippen LogP contribution in [0.3, 0.4) is 0 Å². The Labute approximate surface area is 203 Å². The van der Waals surface area contributed by atoms with Crippen molar-refractivity contribution in [3.63, 3.8) is 0 Å². The molecule has 5 N–H and O–H groups in total. The number of aromatic nitrogens is 2. The van der Waals surface area contributed by atoms with Crippen LogP contribution in [0.4, 0.5) is 5.69 Å². The van der Waals surface area contributed by atoms with E-state index < -0.39 is 17.9 Å². The highest BCUT2D eigenvalue weighted by Crippen LogP contribution is 2.38. The van der Waals surface area contributed by atoms with E-state index in [2.05, 4.69) is 29.0 Å².